The number of carbonyl (C=O) groups excluding carboxylic acids is 2. The van der Waals surface area contributed by atoms with Gasteiger partial charge in [0, 0.05) is 25.7 Å². The van der Waals surface area contributed by atoms with Crippen molar-refractivity contribution in [3.05, 3.63) is 53.1 Å². The van der Waals surface area contributed by atoms with Gasteiger partial charge in [-0.25, -0.2) is 0 Å². The number of methoxy groups -OCH3 is 3. The van der Waals surface area contributed by atoms with E-state index in [0.717, 1.165) is 5.56 Å². The van der Waals surface area contributed by atoms with Crippen LogP contribution >= 0.6 is 0 Å². The largest absolute Gasteiger partial charge is 0.497 e. The molecule has 172 valence electrons. The van der Waals surface area contributed by atoms with E-state index in [0.29, 0.717) is 41.5 Å². The van der Waals surface area contributed by atoms with Crippen molar-refractivity contribution >= 4 is 11.8 Å². The molecule has 0 bridgehead atoms. The average Bonchev–Trinajstić information content (AvgIpc) is 2.80. The molecular formula is C24H31N3O5. The van der Waals surface area contributed by atoms with E-state index >= 15 is 0 Å². The number of amides is 2. The molecule has 2 aromatic carbocycles. The van der Waals surface area contributed by atoms with E-state index < -0.39 is 12.0 Å². The zero-order valence-corrected chi connectivity index (χ0v) is 19.5. The first-order valence-electron chi connectivity index (χ1n) is 10.4. The lowest BCUT2D eigenvalue weighted by Crippen LogP contribution is -2.46. The van der Waals surface area contributed by atoms with Gasteiger partial charge in [0.15, 0.2) is 11.5 Å². The number of rotatable bonds is 8. The molecule has 3 rings (SSSR count). The van der Waals surface area contributed by atoms with Gasteiger partial charge >= 0.3 is 0 Å². The highest BCUT2D eigenvalue weighted by atomic mass is 16.5. The number of benzene rings is 2. The standard InChI is InChI=1S/C24H31N3O5/c1-26(2)12-11-25-23(28)21-17-13-19(31-5)20(32-6)14-18(17)24(29)27(3)22(21)15-7-9-16(30-4)10-8-15/h7-10,13-14,21-22H,11-12H2,1-6H3,(H,25,28)/t21-,22+/m0/s1. The summed E-state index contributed by atoms with van der Waals surface area (Å²) in [6.07, 6.45) is 0. The van der Waals surface area contributed by atoms with Gasteiger partial charge < -0.3 is 29.3 Å². The number of fused-ring (bicyclic) bond motifs is 1. The van der Waals surface area contributed by atoms with Gasteiger partial charge in [-0.2, -0.15) is 0 Å². The summed E-state index contributed by atoms with van der Waals surface area (Å²) in [7, 11) is 10.3. The number of ether oxygens (including phenoxy) is 3. The molecule has 0 unspecified atom stereocenters. The van der Waals surface area contributed by atoms with Crippen molar-refractivity contribution in [1.29, 1.82) is 0 Å². The Morgan fingerprint density at radius 3 is 2.22 bits per heavy atom. The van der Waals surface area contributed by atoms with Gasteiger partial charge in [-0.15, -0.1) is 0 Å². The van der Waals surface area contributed by atoms with Crippen LogP contribution in [0.15, 0.2) is 36.4 Å². The molecule has 32 heavy (non-hydrogen) atoms. The second kappa shape index (κ2) is 9.91. The summed E-state index contributed by atoms with van der Waals surface area (Å²) >= 11 is 0. The van der Waals surface area contributed by atoms with Crippen molar-refractivity contribution in [1.82, 2.24) is 15.1 Å². The van der Waals surface area contributed by atoms with E-state index in [1.165, 1.54) is 14.2 Å². The van der Waals surface area contributed by atoms with Crippen LogP contribution in [0.1, 0.15) is 33.4 Å². The molecule has 8 heteroatoms. The molecule has 1 aliphatic rings. The highest BCUT2D eigenvalue weighted by Gasteiger charge is 2.43. The number of nitrogens with one attached hydrogen (secondary N) is 1. The van der Waals surface area contributed by atoms with Crippen LogP contribution in [0.2, 0.25) is 0 Å². The fourth-order valence-electron chi connectivity index (χ4n) is 4.06. The maximum atomic E-state index is 13.5. The van der Waals surface area contributed by atoms with E-state index in [9.17, 15) is 9.59 Å². The van der Waals surface area contributed by atoms with Gasteiger partial charge in [-0.1, -0.05) is 12.1 Å². The van der Waals surface area contributed by atoms with Gasteiger partial charge in [-0.3, -0.25) is 9.59 Å². The van der Waals surface area contributed by atoms with Gasteiger partial charge in [0.05, 0.1) is 33.3 Å². The molecule has 0 saturated heterocycles. The lowest BCUT2D eigenvalue weighted by molar-refractivity contribution is -0.124. The van der Waals surface area contributed by atoms with E-state index in [4.69, 9.17) is 14.2 Å². The van der Waals surface area contributed by atoms with E-state index in [1.54, 1.807) is 31.2 Å². The molecule has 2 amide bonds. The van der Waals surface area contributed by atoms with E-state index in [2.05, 4.69) is 5.32 Å². The fraction of sp³-hybridized carbons (Fsp3) is 0.417. The van der Waals surface area contributed by atoms with Crippen LogP contribution in [-0.2, 0) is 4.79 Å². The van der Waals surface area contributed by atoms with Crippen LogP contribution < -0.4 is 19.5 Å². The van der Waals surface area contributed by atoms with Gasteiger partial charge in [-0.05, 0) is 49.5 Å². The molecule has 2 atom stereocenters. The Hall–Kier alpha value is -3.26. The Labute approximate surface area is 189 Å². The highest BCUT2D eigenvalue weighted by Crippen LogP contribution is 2.45. The predicted octanol–water partition coefficient (Wildman–Crippen LogP) is 2.30. The van der Waals surface area contributed by atoms with Crippen LogP contribution in [0, 0.1) is 0 Å². The number of likely N-dealkylation sites (N-methyl/N-ethyl adjacent to an activating group) is 2. The number of nitrogens with zero attached hydrogens (tertiary/aromatic N) is 2. The summed E-state index contributed by atoms with van der Waals surface area (Å²) < 4.78 is 16.1. The fourth-order valence-corrected chi connectivity index (χ4v) is 4.06. The summed E-state index contributed by atoms with van der Waals surface area (Å²) in [4.78, 5) is 30.4. The molecule has 0 fully saturated rings. The third-order valence-electron chi connectivity index (χ3n) is 5.77. The number of hydrogen-bond donors (Lipinski definition) is 1. The number of hydrogen-bond acceptors (Lipinski definition) is 6. The van der Waals surface area contributed by atoms with Gasteiger partial charge in [0.25, 0.3) is 5.91 Å². The molecule has 8 nitrogen and oxygen atoms in total. The van der Waals surface area contributed by atoms with E-state index in [1.807, 2.05) is 43.3 Å². The second-order valence-corrected chi connectivity index (χ2v) is 8.00. The zero-order valence-electron chi connectivity index (χ0n) is 19.5. The van der Waals surface area contributed by atoms with Crippen LogP contribution in [0.4, 0.5) is 0 Å². The van der Waals surface area contributed by atoms with Crippen LogP contribution in [-0.4, -0.2) is 77.2 Å². The van der Waals surface area contributed by atoms with Crippen molar-refractivity contribution in [2.75, 3.05) is 55.6 Å². The predicted molar refractivity (Wildman–Crippen MR) is 122 cm³/mol. The average molecular weight is 442 g/mol. The van der Waals surface area contributed by atoms with Crippen molar-refractivity contribution in [2.45, 2.75) is 12.0 Å². The molecule has 1 aliphatic heterocycles. The Balaban J connectivity index is 2.12. The molecule has 1 N–H and O–H groups in total. The Morgan fingerprint density at radius 1 is 1.03 bits per heavy atom. The topological polar surface area (TPSA) is 80.3 Å². The Bertz CT molecular complexity index is 974. The minimum absolute atomic E-state index is 0.152. The van der Waals surface area contributed by atoms with Crippen LogP contribution in [0.5, 0.6) is 17.2 Å². The highest BCUT2D eigenvalue weighted by molar-refractivity contribution is 6.02. The number of carbonyl (C=O) groups is 2. The van der Waals surface area contributed by atoms with Crippen LogP contribution in [0.3, 0.4) is 0 Å². The molecule has 0 aromatic heterocycles. The molecule has 0 radical (unpaired) electrons. The first kappa shape index (κ1) is 23.4. The first-order chi connectivity index (χ1) is 15.3. The second-order valence-electron chi connectivity index (χ2n) is 8.00. The van der Waals surface area contributed by atoms with Crippen molar-refractivity contribution in [3.8, 4) is 17.2 Å². The van der Waals surface area contributed by atoms with Crippen LogP contribution in [0.25, 0.3) is 0 Å². The third-order valence-corrected chi connectivity index (χ3v) is 5.77. The Kier molecular flexibility index (Phi) is 7.25. The molecule has 0 saturated carbocycles. The maximum absolute atomic E-state index is 13.5. The minimum atomic E-state index is -0.622. The summed E-state index contributed by atoms with van der Waals surface area (Å²) in [6, 6.07) is 10.3. The normalized spacial score (nSPS) is 17.7. The minimum Gasteiger partial charge on any atom is -0.497 e. The molecule has 0 spiro atoms. The SMILES string of the molecule is COc1ccc([C@@H]2[C@@H](C(=O)NCCN(C)C)c3cc(OC)c(OC)cc3C(=O)N2C)cc1. The van der Waals surface area contributed by atoms with Crippen molar-refractivity contribution < 1.29 is 23.8 Å². The summed E-state index contributed by atoms with van der Waals surface area (Å²) in [5.74, 6) is 0.672. The summed E-state index contributed by atoms with van der Waals surface area (Å²) in [5.41, 5.74) is 1.89. The van der Waals surface area contributed by atoms with Gasteiger partial charge in [0.1, 0.15) is 5.75 Å². The molecule has 0 aliphatic carbocycles. The molecule has 1 heterocycles. The summed E-state index contributed by atoms with van der Waals surface area (Å²) in [5, 5.41) is 3.03. The molecule has 2 aromatic rings. The molecular weight excluding hydrogens is 410 g/mol. The third kappa shape index (κ3) is 4.50. The Morgan fingerprint density at radius 2 is 1.66 bits per heavy atom. The quantitative estimate of drug-likeness (QED) is 0.677. The lowest BCUT2D eigenvalue weighted by Gasteiger charge is -2.40. The summed E-state index contributed by atoms with van der Waals surface area (Å²) in [6.45, 7) is 1.21. The smallest absolute Gasteiger partial charge is 0.254 e. The lowest BCUT2D eigenvalue weighted by atomic mass is 9.79. The van der Waals surface area contributed by atoms with Gasteiger partial charge in [0.2, 0.25) is 5.91 Å². The monoisotopic (exact) mass is 441 g/mol. The zero-order chi connectivity index (χ0) is 23.4. The first-order valence-corrected chi connectivity index (χ1v) is 10.4. The van der Waals surface area contributed by atoms with Crippen molar-refractivity contribution in [2.24, 2.45) is 0 Å². The van der Waals surface area contributed by atoms with E-state index in [-0.39, 0.29) is 11.8 Å². The maximum Gasteiger partial charge on any atom is 0.254 e. The van der Waals surface area contributed by atoms with Crippen molar-refractivity contribution in [3.63, 3.8) is 0 Å².